The third-order valence-electron chi connectivity index (χ3n) is 4.26. The van der Waals surface area contributed by atoms with Crippen LogP contribution in [0.1, 0.15) is 52.4 Å². The first-order chi connectivity index (χ1) is 10.7. The highest BCUT2D eigenvalue weighted by molar-refractivity contribution is 5.79. The quantitative estimate of drug-likeness (QED) is 0.787. The second kappa shape index (κ2) is 8.71. The van der Waals surface area contributed by atoms with Crippen LogP contribution in [0.25, 0.3) is 0 Å². The Hall–Kier alpha value is -1.65. The van der Waals surface area contributed by atoms with Crippen LogP contribution in [-0.2, 0) is 4.79 Å². The Bertz CT molecular complexity index is 451. The molecule has 5 nitrogen and oxygen atoms in total. The maximum atomic E-state index is 12.4. The van der Waals surface area contributed by atoms with E-state index in [1.165, 1.54) is 19.3 Å². The normalized spacial score (nSPS) is 19.7. The number of nitrogens with one attached hydrogen (secondary N) is 1. The Morgan fingerprint density at radius 1 is 1.41 bits per heavy atom. The Morgan fingerprint density at radius 3 is 2.91 bits per heavy atom. The van der Waals surface area contributed by atoms with Gasteiger partial charge in [-0.1, -0.05) is 26.2 Å². The summed E-state index contributed by atoms with van der Waals surface area (Å²) in [6, 6.07) is 2.08. The Labute approximate surface area is 133 Å². The summed E-state index contributed by atoms with van der Waals surface area (Å²) in [6.07, 6.45) is 10.2. The molecule has 0 aromatic carbocycles. The van der Waals surface area contributed by atoms with E-state index < -0.39 is 0 Å². The van der Waals surface area contributed by atoms with Gasteiger partial charge < -0.3 is 10.2 Å². The minimum atomic E-state index is 0.0474. The van der Waals surface area contributed by atoms with Crippen molar-refractivity contribution >= 4 is 11.9 Å². The van der Waals surface area contributed by atoms with Gasteiger partial charge in [0.15, 0.2) is 0 Å². The first-order valence-corrected chi connectivity index (χ1v) is 8.53. The molecule has 0 saturated carbocycles. The van der Waals surface area contributed by atoms with Gasteiger partial charge in [0.05, 0.1) is 5.92 Å². The number of carbonyl (C=O) groups is 1. The topological polar surface area (TPSA) is 58.1 Å². The SMILES string of the molecule is CCCCC[C@H](C)NC(=O)[C@H]1CCCN(c2ncccn2)C1. The van der Waals surface area contributed by atoms with Crippen molar-refractivity contribution in [3.8, 4) is 0 Å². The molecule has 0 unspecified atom stereocenters. The lowest BCUT2D eigenvalue weighted by Gasteiger charge is -2.32. The van der Waals surface area contributed by atoms with Crippen molar-refractivity contribution in [1.82, 2.24) is 15.3 Å². The zero-order valence-corrected chi connectivity index (χ0v) is 13.8. The van der Waals surface area contributed by atoms with Gasteiger partial charge in [0.2, 0.25) is 11.9 Å². The highest BCUT2D eigenvalue weighted by Crippen LogP contribution is 2.20. The molecule has 1 N–H and O–H groups in total. The van der Waals surface area contributed by atoms with Crippen LogP contribution >= 0.6 is 0 Å². The first kappa shape index (κ1) is 16.7. The van der Waals surface area contributed by atoms with Crippen LogP contribution < -0.4 is 10.2 Å². The lowest BCUT2D eigenvalue weighted by atomic mass is 9.96. The zero-order valence-electron chi connectivity index (χ0n) is 13.8. The molecule has 1 amide bonds. The predicted octanol–water partition coefficient (Wildman–Crippen LogP) is 2.78. The number of unbranched alkanes of at least 4 members (excludes halogenated alkanes) is 2. The third-order valence-corrected chi connectivity index (χ3v) is 4.26. The number of hydrogen-bond donors (Lipinski definition) is 1. The maximum absolute atomic E-state index is 12.4. The molecule has 1 aromatic heterocycles. The molecule has 0 bridgehead atoms. The lowest BCUT2D eigenvalue weighted by Crippen LogP contribution is -2.45. The number of anilines is 1. The number of piperidine rings is 1. The van der Waals surface area contributed by atoms with E-state index in [2.05, 4.69) is 34.0 Å². The largest absolute Gasteiger partial charge is 0.353 e. The van der Waals surface area contributed by atoms with Crippen molar-refractivity contribution in [2.24, 2.45) is 5.92 Å². The van der Waals surface area contributed by atoms with Crippen LogP contribution in [0.15, 0.2) is 18.5 Å². The van der Waals surface area contributed by atoms with E-state index in [-0.39, 0.29) is 17.9 Å². The fourth-order valence-electron chi connectivity index (χ4n) is 2.96. The Morgan fingerprint density at radius 2 is 2.18 bits per heavy atom. The van der Waals surface area contributed by atoms with E-state index in [9.17, 15) is 4.79 Å². The van der Waals surface area contributed by atoms with E-state index in [1.807, 2.05) is 6.07 Å². The lowest BCUT2D eigenvalue weighted by molar-refractivity contribution is -0.125. The summed E-state index contributed by atoms with van der Waals surface area (Å²) in [7, 11) is 0. The number of carbonyl (C=O) groups excluding carboxylic acids is 1. The number of nitrogens with zero attached hydrogens (tertiary/aromatic N) is 3. The Kier molecular flexibility index (Phi) is 6.62. The van der Waals surface area contributed by atoms with E-state index in [1.54, 1.807) is 12.4 Å². The summed E-state index contributed by atoms with van der Waals surface area (Å²) in [5.74, 6) is 0.965. The molecule has 0 spiro atoms. The monoisotopic (exact) mass is 304 g/mol. The van der Waals surface area contributed by atoms with Gasteiger partial charge in [-0.05, 0) is 32.3 Å². The van der Waals surface area contributed by atoms with Gasteiger partial charge >= 0.3 is 0 Å². The highest BCUT2D eigenvalue weighted by Gasteiger charge is 2.27. The molecule has 1 aromatic rings. The molecular formula is C17H28N4O. The number of amides is 1. The minimum Gasteiger partial charge on any atom is -0.353 e. The van der Waals surface area contributed by atoms with Crippen molar-refractivity contribution in [2.75, 3.05) is 18.0 Å². The van der Waals surface area contributed by atoms with Crippen molar-refractivity contribution in [3.05, 3.63) is 18.5 Å². The number of hydrogen-bond acceptors (Lipinski definition) is 4. The summed E-state index contributed by atoms with van der Waals surface area (Å²) in [5, 5.41) is 3.17. The van der Waals surface area contributed by atoms with Gasteiger partial charge in [-0.3, -0.25) is 4.79 Å². The molecule has 1 fully saturated rings. The van der Waals surface area contributed by atoms with Crippen molar-refractivity contribution in [1.29, 1.82) is 0 Å². The second-order valence-corrected chi connectivity index (χ2v) is 6.24. The van der Waals surface area contributed by atoms with Gasteiger partial charge in [-0.25, -0.2) is 9.97 Å². The molecule has 122 valence electrons. The van der Waals surface area contributed by atoms with Crippen LogP contribution in [0.3, 0.4) is 0 Å². The highest BCUT2D eigenvalue weighted by atomic mass is 16.2. The van der Waals surface area contributed by atoms with E-state index >= 15 is 0 Å². The summed E-state index contributed by atoms with van der Waals surface area (Å²) in [5.41, 5.74) is 0. The molecule has 0 aliphatic carbocycles. The molecule has 2 rings (SSSR count). The molecule has 1 aliphatic rings. The Balaban J connectivity index is 1.82. The molecular weight excluding hydrogens is 276 g/mol. The average molecular weight is 304 g/mol. The summed E-state index contributed by atoms with van der Waals surface area (Å²) in [4.78, 5) is 23.1. The van der Waals surface area contributed by atoms with E-state index in [0.717, 1.165) is 38.3 Å². The van der Waals surface area contributed by atoms with Gasteiger partial charge in [0, 0.05) is 31.5 Å². The molecule has 2 atom stereocenters. The fraction of sp³-hybridized carbons (Fsp3) is 0.706. The molecule has 5 heteroatoms. The second-order valence-electron chi connectivity index (χ2n) is 6.24. The van der Waals surface area contributed by atoms with E-state index in [0.29, 0.717) is 0 Å². The third kappa shape index (κ3) is 4.97. The van der Waals surface area contributed by atoms with E-state index in [4.69, 9.17) is 0 Å². The van der Waals surface area contributed by atoms with Crippen LogP contribution in [0.2, 0.25) is 0 Å². The summed E-state index contributed by atoms with van der Waals surface area (Å²) < 4.78 is 0. The van der Waals surface area contributed by atoms with Crippen LogP contribution in [0.5, 0.6) is 0 Å². The molecule has 1 saturated heterocycles. The van der Waals surface area contributed by atoms with Crippen molar-refractivity contribution in [2.45, 2.75) is 58.4 Å². The molecule has 0 radical (unpaired) electrons. The minimum absolute atomic E-state index is 0.0474. The van der Waals surface area contributed by atoms with Gasteiger partial charge in [-0.15, -0.1) is 0 Å². The molecule has 22 heavy (non-hydrogen) atoms. The van der Waals surface area contributed by atoms with Crippen molar-refractivity contribution < 1.29 is 4.79 Å². The van der Waals surface area contributed by atoms with Crippen LogP contribution in [-0.4, -0.2) is 35.0 Å². The van der Waals surface area contributed by atoms with Crippen molar-refractivity contribution in [3.63, 3.8) is 0 Å². The first-order valence-electron chi connectivity index (χ1n) is 8.53. The number of rotatable bonds is 7. The average Bonchev–Trinajstić information content (AvgIpc) is 2.56. The van der Waals surface area contributed by atoms with Crippen LogP contribution in [0, 0.1) is 5.92 Å². The predicted molar refractivity (Wildman–Crippen MR) is 88.7 cm³/mol. The maximum Gasteiger partial charge on any atom is 0.225 e. The standard InChI is InChI=1S/C17H28N4O/c1-3-4-5-8-14(2)20-16(22)15-9-6-12-21(13-15)17-18-10-7-11-19-17/h7,10-11,14-15H,3-6,8-9,12-13H2,1-2H3,(H,20,22)/t14-,15-/m0/s1. The molecule has 1 aliphatic heterocycles. The molecule has 2 heterocycles. The summed E-state index contributed by atoms with van der Waals surface area (Å²) in [6.45, 7) is 5.96. The summed E-state index contributed by atoms with van der Waals surface area (Å²) >= 11 is 0. The zero-order chi connectivity index (χ0) is 15.8. The fourth-order valence-corrected chi connectivity index (χ4v) is 2.96. The van der Waals surface area contributed by atoms with Gasteiger partial charge in [-0.2, -0.15) is 0 Å². The smallest absolute Gasteiger partial charge is 0.225 e. The van der Waals surface area contributed by atoms with Gasteiger partial charge in [0.1, 0.15) is 0 Å². The van der Waals surface area contributed by atoms with Crippen LogP contribution in [0.4, 0.5) is 5.95 Å². The van der Waals surface area contributed by atoms with Gasteiger partial charge in [0.25, 0.3) is 0 Å². The number of aromatic nitrogens is 2.